The minimum atomic E-state index is -0.427. The van der Waals surface area contributed by atoms with Crippen molar-refractivity contribution in [3.63, 3.8) is 0 Å². The Hall–Kier alpha value is -3.33. The van der Waals surface area contributed by atoms with Crippen LogP contribution in [0.5, 0.6) is 0 Å². The first-order valence-electron chi connectivity index (χ1n) is 10.1. The summed E-state index contributed by atoms with van der Waals surface area (Å²) in [4.78, 5) is 39.1. The van der Waals surface area contributed by atoms with E-state index in [1.165, 1.54) is 12.1 Å². The van der Waals surface area contributed by atoms with Crippen LogP contribution in [0.1, 0.15) is 23.2 Å². The molecule has 10 heteroatoms. The van der Waals surface area contributed by atoms with Crippen LogP contribution in [-0.2, 0) is 0 Å². The molecule has 0 radical (unpaired) electrons. The topological polar surface area (TPSA) is 108 Å². The van der Waals surface area contributed by atoms with Gasteiger partial charge < -0.3 is 20.4 Å². The summed E-state index contributed by atoms with van der Waals surface area (Å²) < 4.78 is 0. The smallest absolute Gasteiger partial charge is 0.321 e. The number of amides is 3. The highest BCUT2D eigenvalue weighted by molar-refractivity contribution is 6.34. The largest absolute Gasteiger partial charge is 0.368 e. The third-order valence-corrected chi connectivity index (χ3v) is 5.70. The molecule has 2 aliphatic rings. The summed E-state index contributed by atoms with van der Waals surface area (Å²) in [7, 11) is 0. The first kappa shape index (κ1) is 20.9. The number of nitro groups is 1. The Morgan fingerprint density at radius 1 is 1.03 bits per heavy atom. The van der Waals surface area contributed by atoms with Crippen molar-refractivity contribution in [3.8, 4) is 0 Å². The molecule has 31 heavy (non-hydrogen) atoms. The maximum absolute atomic E-state index is 12.7. The molecule has 0 bridgehead atoms. The van der Waals surface area contributed by atoms with E-state index in [0.29, 0.717) is 42.5 Å². The fourth-order valence-electron chi connectivity index (χ4n) is 3.42. The molecule has 1 aliphatic carbocycles. The van der Waals surface area contributed by atoms with E-state index in [9.17, 15) is 19.7 Å². The SMILES string of the molecule is O=C(NC1CC1)c1cc(NC(=O)N2CCN(c3ccc([N+](=O)[O-])cc3)CC2)ccc1Cl. The van der Waals surface area contributed by atoms with Crippen LogP contribution in [-0.4, -0.2) is 54.0 Å². The number of hydrogen-bond acceptors (Lipinski definition) is 5. The molecular formula is C21H22ClN5O4. The molecule has 0 aromatic heterocycles. The first-order valence-corrected chi connectivity index (χ1v) is 10.4. The fraction of sp³-hybridized carbons (Fsp3) is 0.333. The number of benzene rings is 2. The molecular weight excluding hydrogens is 422 g/mol. The molecule has 1 heterocycles. The monoisotopic (exact) mass is 443 g/mol. The van der Waals surface area contributed by atoms with Crippen LogP contribution < -0.4 is 15.5 Å². The number of nitro benzene ring substituents is 1. The van der Waals surface area contributed by atoms with Gasteiger partial charge in [0.2, 0.25) is 0 Å². The molecule has 1 aliphatic heterocycles. The highest BCUT2D eigenvalue weighted by Crippen LogP contribution is 2.25. The fourth-order valence-corrected chi connectivity index (χ4v) is 3.63. The van der Waals surface area contributed by atoms with E-state index in [4.69, 9.17) is 11.6 Å². The summed E-state index contributed by atoms with van der Waals surface area (Å²) >= 11 is 6.15. The Bertz CT molecular complexity index is 1000. The number of nitrogens with zero attached hydrogens (tertiary/aromatic N) is 3. The Morgan fingerprint density at radius 3 is 2.32 bits per heavy atom. The quantitative estimate of drug-likeness (QED) is 0.543. The number of carbonyl (C=O) groups is 2. The standard InChI is InChI=1S/C21H22ClN5O4/c22-19-8-3-15(13-18(19)20(28)23-14-1-2-14)24-21(29)26-11-9-25(10-12-26)16-4-6-17(7-5-16)27(30)31/h3-8,13-14H,1-2,9-12H2,(H,23,28)(H,24,29). The first-order chi connectivity index (χ1) is 14.9. The molecule has 2 aromatic carbocycles. The van der Waals surface area contributed by atoms with Crippen LogP contribution >= 0.6 is 11.6 Å². The van der Waals surface area contributed by atoms with E-state index < -0.39 is 4.92 Å². The van der Waals surface area contributed by atoms with Gasteiger partial charge in [-0.15, -0.1) is 0 Å². The van der Waals surface area contributed by atoms with E-state index in [1.54, 1.807) is 35.2 Å². The minimum absolute atomic E-state index is 0.0508. The van der Waals surface area contributed by atoms with Crippen molar-refractivity contribution in [1.29, 1.82) is 0 Å². The molecule has 2 fully saturated rings. The molecule has 4 rings (SSSR count). The molecule has 0 unspecified atom stereocenters. The Labute approximate surface area is 184 Å². The minimum Gasteiger partial charge on any atom is -0.368 e. The van der Waals surface area contributed by atoms with Gasteiger partial charge in [-0.1, -0.05) is 11.6 Å². The lowest BCUT2D eigenvalue weighted by Gasteiger charge is -2.36. The van der Waals surface area contributed by atoms with Crippen molar-refractivity contribution < 1.29 is 14.5 Å². The van der Waals surface area contributed by atoms with Gasteiger partial charge in [0.05, 0.1) is 15.5 Å². The van der Waals surface area contributed by atoms with Crippen molar-refractivity contribution in [3.05, 3.63) is 63.2 Å². The average molecular weight is 444 g/mol. The molecule has 162 valence electrons. The second-order valence-corrected chi connectivity index (χ2v) is 8.03. The number of halogens is 1. The predicted molar refractivity (Wildman–Crippen MR) is 118 cm³/mol. The Morgan fingerprint density at radius 2 is 1.71 bits per heavy atom. The number of piperazine rings is 1. The normalized spacial score (nSPS) is 16.0. The summed E-state index contributed by atoms with van der Waals surface area (Å²) in [5.41, 5.74) is 1.78. The van der Waals surface area contributed by atoms with Gasteiger partial charge in [0.1, 0.15) is 0 Å². The summed E-state index contributed by atoms with van der Waals surface area (Å²) in [6, 6.07) is 11.2. The molecule has 2 aromatic rings. The van der Waals surface area contributed by atoms with Gasteiger partial charge >= 0.3 is 6.03 Å². The highest BCUT2D eigenvalue weighted by Gasteiger charge is 2.25. The lowest BCUT2D eigenvalue weighted by Crippen LogP contribution is -2.50. The third-order valence-electron chi connectivity index (χ3n) is 5.37. The Balaban J connectivity index is 1.33. The van der Waals surface area contributed by atoms with Gasteiger partial charge in [0, 0.05) is 55.7 Å². The number of hydrogen-bond donors (Lipinski definition) is 2. The van der Waals surface area contributed by atoms with E-state index in [0.717, 1.165) is 18.5 Å². The van der Waals surface area contributed by atoms with Gasteiger partial charge in [0.25, 0.3) is 11.6 Å². The van der Waals surface area contributed by atoms with Crippen molar-refractivity contribution >= 4 is 40.6 Å². The lowest BCUT2D eigenvalue weighted by molar-refractivity contribution is -0.384. The third kappa shape index (κ3) is 5.05. The summed E-state index contributed by atoms with van der Waals surface area (Å²) in [6.07, 6.45) is 1.96. The zero-order valence-corrected chi connectivity index (χ0v) is 17.5. The average Bonchev–Trinajstić information content (AvgIpc) is 3.59. The molecule has 0 spiro atoms. The van der Waals surface area contributed by atoms with E-state index in [-0.39, 0.29) is 23.7 Å². The van der Waals surface area contributed by atoms with Gasteiger partial charge in [0.15, 0.2) is 0 Å². The number of anilines is 2. The zero-order valence-electron chi connectivity index (χ0n) is 16.7. The molecule has 1 saturated heterocycles. The van der Waals surface area contributed by atoms with Crippen molar-refractivity contribution in [2.45, 2.75) is 18.9 Å². The van der Waals surface area contributed by atoms with Crippen LogP contribution in [0.25, 0.3) is 0 Å². The van der Waals surface area contributed by atoms with E-state index >= 15 is 0 Å². The number of rotatable bonds is 5. The number of nitrogens with one attached hydrogen (secondary N) is 2. The van der Waals surface area contributed by atoms with E-state index in [1.807, 2.05) is 0 Å². The van der Waals surface area contributed by atoms with Crippen LogP contribution in [0.2, 0.25) is 5.02 Å². The lowest BCUT2D eigenvalue weighted by atomic mass is 10.2. The molecule has 0 atom stereocenters. The van der Waals surface area contributed by atoms with Crippen molar-refractivity contribution in [2.24, 2.45) is 0 Å². The maximum Gasteiger partial charge on any atom is 0.321 e. The van der Waals surface area contributed by atoms with Crippen molar-refractivity contribution in [1.82, 2.24) is 10.2 Å². The number of non-ortho nitro benzene ring substituents is 1. The van der Waals surface area contributed by atoms with E-state index in [2.05, 4.69) is 15.5 Å². The van der Waals surface area contributed by atoms with Gasteiger partial charge in [-0.25, -0.2) is 4.79 Å². The van der Waals surface area contributed by atoms with Gasteiger partial charge in [-0.2, -0.15) is 0 Å². The molecule has 1 saturated carbocycles. The summed E-state index contributed by atoms with van der Waals surface area (Å²) in [5.74, 6) is -0.236. The van der Waals surface area contributed by atoms with Gasteiger partial charge in [-0.05, 0) is 43.2 Å². The zero-order chi connectivity index (χ0) is 22.0. The highest BCUT2D eigenvalue weighted by atomic mass is 35.5. The number of carbonyl (C=O) groups excluding carboxylic acids is 2. The Kier molecular flexibility index (Phi) is 5.94. The summed E-state index contributed by atoms with van der Waals surface area (Å²) in [6.45, 7) is 2.23. The molecule has 9 nitrogen and oxygen atoms in total. The molecule has 2 N–H and O–H groups in total. The number of urea groups is 1. The maximum atomic E-state index is 12.7. The summed E-state index contributed by atoms with van der Waals surface area (Å²) in [5, 5.41) is 16.9. The molecule has 3 amide bonds. The predicted octanol–water partition coefficient (Wildman–Crippen LogP) is 3.49. The second kappa shape index (κ2) is 8.81. The second-order valence-electron chi connectivity index (χ2n) is 7.62. The van der Waals surface area contributed by atoms with Crippen LogP contribution in [0.15, 0.2) is 42.5 Å². The van der Waals surface area contributed by atoms with Crippen LogP contribution in [0.3, 0.4) is 0 Å². The van der Waals surface area contributed by atoms with Gasteiger partial charge in [-0.3, -0.25) is 14.9 Å². The van der Waals surface area contributed by atoms with Crippen molar-refractivity contribution in [2.75, 3.05) is 36.4 Å². The van der Waals surface area contributed by atoms with Crippen LogP contribution in [0, 0.1) is 10.1 Å². The van der Waals surface area contributed by atoms with Crippen LogP contribution in [0.4, 0.5) is 21.9 Å².